The lowest BCUT2D eigenvalue weighted by Crippen LogP contribution is -2.25. The van der Waals surface area contributed by atoms with E-state index in [4.69, 9.17) is 4.74 Å². The molecule has 0 radical (unpaired) electrons. The van der Waals surface area contributed by atoms with Gasteiger partial charge in [-0.1, -0.05) is 17.7 Å². The van der Waals surface area contributed by atoms with Gasteiger partial charge < -0.3 is 10.1 Å². The van der Waals surface area contributed by atoms with Crippen LogP contribution in [0.5, 0.6) is 5.75 Å². The summed E-state index contributed by atoms with van der Waals surface area (Å²) in [4.78, 5) is 2.58. The first-order valence-electron chi connectivity index (χ1n) is 6.83. The van der Waals surface area contributed by atoms with Crippen LogP contribution in [0.4, 0.5) is 0 Å². The van der Waals surface area contributed by atoms with Gasteiger partial charge >= 0.3 is 0 Å². The van der Waals surface area contributed by atoms with Crippen LogP contribution in [0.2, 0.25) is 0 Å². The Bertz CT molecular complexity index is 421. The second-order valence-corrected chi connectivity index (χ2v) is 5.69. The van der Waals surface area contributed by atoms with Crippen LogP contribution in [0.25, 0.3) is 0 Å². The smallest absolute Gasteiger partial charge is 0.123 e. The normalized spacial score (nSPS) is 27.4. The Hall–Kier alpha value is -1.06. The molecule has 3 heteroatoms. The molecule has 2 fully saturated rings. The monoisotopic (exact) mass is 246 g/mol. The van der Waals surface area contributed by atoms with E-state index in [1.54, 1.807) is 7.11 Å². The molecule has 98 valence electrons. The number of benzene rings is 1. The Kier molecular flexibility index (Phi) is 3.27. The summed E-state index contributed by atoms with van der Waals surface area (Å²) in [7, 11) is 1.76. The molecule has 0 spiro atoms. The standard InChI is InChI=1S/C15H22N2O/c1-11-3-4-15(18-2)12(5-11)8-17-9-13-6-16-7-14(13)10-17/h3-5,13-14,16H,6-10H2,1-2H3/t13-,14+. The molecule has 2 atom stereocenters. The molecule has 2 saturated heterocycles. The van der Waals surface area contributed by atoms with E-state index in [-0.39, 0.29) is 0 Å². The third-order valence-electron chi connectivity index (χ3n) is 4.29. The minimum Gasteiger partial charge on any atom is -0.496 e. The van der Waals surface area contributed by atoms with Gasteiger partial charge in [-0.2, -0.15) is 0 Å². The number of hydrogen-bond donors (Lipinski definition) is 1. The van der Waals surface area contributed by atoms with E-state index < -0.39 is 0 Å². The average Bonchev–Trinajstić information content (AvgIpc) is 2.90. The van der Waals surface area contributed by atoms with Gasteiger partial charge in [0.15, 0.2) is 0 Å². The van der Waals surface area contributed by atoms with Crippen LogP contribution in [-0.2, 0) is 6.54 Å². The number of likely N-dealkylation sites (tertiary alicyclic amines) is 1. The molecule has 2 aliphatic rings. The minimum atomic E-state index is 0.862. The summed E-state index contributed by atoms with van der Waals surface area (Å²) >= 11 is 0. The topological polar surface area (TPSA) is 24.5 Å². The molecule has 0 aliphatic carbocycles. The third kappa shape index (κ3) is 2.25. The van der Waals surface area contributed by atoms with Crippen LogP contribution in [0.1, 0.15) is 11.1 Å². The van der Waals surface area contributed by atoms with E-state index in [2.05, 4.69) is 35.3 Å². The predicted octanol–water partition coefficient (Wildman–Crippen LogP) is 1.65. The van der Waals surface area contributed by atoms with Gasteiger partial charge in [-0.15, -0.1) is 0 Å². The highest BCUT2D eigenvalue weighted by Gasteiger charge is 2.35. The zero-order valence-corrected chi connectivity index (χ0v) is 11.3. The van der Waals surface area contributed by atoms with Crippen molar-refractivity contribution in [3.05, 3.63) is 29.3 Å². The quantitative estimate of drug-likeness (QED) is 0.878. The molecule has 1 aromatic rings. The van der Waals surface area contributed by atoms with Crippen molar-refractivity contribution in [3.63, 3.8) is 0 Å². The van der Waals surface area contributed by atoms with Gasteiger partial charge in [0.1, 0.15) is 5.75 Å². The molecular formula is C15H22N2O. The van der Waals surface area contributed by atoms with Crippen molar-refractivity contribution in [2.24, 2.45) is 11.8 Å². The number of aryl methyl sites for hydroxylation is 1. The molecule has 3 rings (SSSR count). The first-order valence-corrected chi connectivity index (χ1v) is 6.83. The largest absolute Gasteiger partial charge is 0.496 e. The third-order valence-corrected chi connectivity index (χ3v) is 4.29. The lowest BCUT2D eigenvalue weighted by Gasteiger charge is -2.19. The number of hydrogen-bond acceptors (Lipinski definition) is 3. The SMILES string of the molecule is COc1ccc(C)cc1CN1C[C@H]2CNC[C@H]2C1. The van der Waals surface area contributed by atoms with Gasteiger partial charge in [-0.25, -0.2) is 0 Å². The number of nitrogens with one attached hydrogen (secondary N) is 1. The first kappa shape index (κ1) is 12.0. The van der Waals surface area contributed by atoms with Gasteiger partial charge in [-0.05, 0) is 37.9 Å². The lowest BCUT2D eigenvalue weighted by atomic mass is 10.0. The second-order valence-electron chi connectivity index (χ2n) is 5.69. The van der Waals surface area contributed by atoms with E-state index in [0.29, 0.717) is 0 Å². The van der Waals surface area contributed by atoms with E-state index >= 15 is 0 Å². The Morgan fingerprint density at radius 1 is 1.28 bits per heavy atom. The minimum absolute atomic E-state index is 0.862. The Morgan fingerprint density at radius 3 is 2.67 bits per heavy atom. The van der Waals surface area contributed by atoms with Crippen molar-refractivity contribution >= 4 is 0 Å². The van der Waals surface area contributed by atoms with Crippen LogP contribution in [0.15, 0.2) is 18.2 Å². The van der Waals surface area contributed by atoms with Gasteiger partial charge in [0.2, 0.25) is 0 Å². The van der Waals surface area contributed by atoms with Crippen molar-refractivity contribution < 1.29 is 4.74 Å². The van der Waals surface area contributed by atoms with E-state index in [1.807, 2.05) is 0 Å². The molecule has 0 amide bonds. The summed E-state index contributed by atoms with van der Waals surface area (Å²) in [5.74, 6) is 2.75. The highest BCUT2D eigenvalue weighted by molar-refractivity contribution is 5.36. The number of rotatable bonds is 3. The van der Waals surface area contributed by atoms with E-state index in [1.165, 1.54) is 37.3 Å². The average molecular weight is 246 g/mol. The summed E-state index contributed by atoms with van der Waals surface area (Å²) < 4.78 is 5.47. The Labute approximate surface area is 109 Å². The molecule has 0 saturated carbocycles. The van der Waals surface area contributed by atoms with Crippen LogP contribution in [0, 0.1) is 18.8 Å². The fraction of sp³-hybridized carbons (Fsp3) is 0.600. The fourth-order valence-electron chi connectivity index (χ4n) is 3.35. The van der Waals surface area contributed by atoms with Crippen LogP contribution in [-0.4, -0.2) is 38.2 Å². The van der Waals surface area contributed by atoms with Gasteiger partial charge in [0.05, 0.1) is 7.11 Å². The molecule has 18 heavy (non-hydrogen) atoms. The molecule has 3 nitrogen and oxygen atoms in total. The van der Waals surface area contributed by atoms with Crippen LogP contribution < -0.4 is 10.1 Å². The molecule has 0 aromatic heterocycles. The van der Waals surface area contributed by atoms with Crippen molar-refractivity contribution in [3.8, 4) is 5.75 Å². The highest BCUT2D eigenvalue weighted by atomic mass is 16.5. The van der Waals surface area contributed by atoms with Gasteiger partial charge in [-0.3, -0.25) is 4.90 Å². The second kappa shape index (κ2) is 4.90. The van der Waals surface area contributed by atoms with Crippen LogP contribution in [0.3, 0.4) is 0 Å². The Morgan fingerprint density at radius 2 is 2.00 bits per heavy atom. The molecule has 0 bridgehead atoms. The lowest BCUT2D eigenvalue weighted by molar-refractivity contribution is 0.298. The Balaban J connectivity index is 1.71. The summed E-state index contributed by atoms with van der Waals surface area (Å²) in [5, 5.41) is 3.49. The molecule has 2 aliphatic heterocycles. The number of nitrogens with zero attached hydrogens (tertiary/aromatic N) is 1. The maximum atomic E-state index is 5.47. The molecule has 1 aromatic carbocycles. The summed E-state index contributed by atoms with van der Waals surface area (Å²) in [5.41, 5.74) is 2.64. The molecular weight excluding hydrogens is 224 g/mol. The zero-order chi connectivity index (χ0) is 12.5. The molecule has 1 N–H and O–H groups in total. The van der Waals surface area contributed by atoms with Crippen molar-refractivity contribution in [2.75, 3.05) is 33.3 Å². The fourth-order valence-corrected chi connectivity index (χ4v) is 3.35. The van der Waals surface area contributed by atoms with Crippen molar-refractivity contribution in [1.82, 2.24) is 10.2 Å². The first-order chi connectivity index (χ1) is 8.76. The van der Waals surface area contributed by atoms with E-state index in [0.717, 1.165) is 24.1 Å². The van der Waals surface area contributed by atoms with E-state index in [9.17, 15) is 0 Å². The predicted molar refractivity (Wildman–Crippen MR) is 72.9 cm³/mol. The number of ether oxygens (including phenoxy) is 1. The summed E-state index contributed by atoms with van der Waals surface area (Å²) in [6.45, 7) is 8.03. The molecule has 0 unspecified atom stereocenters. The van der Waals surface area contributed by atoms with Crippen molar-refractivity contribution in [1.29, 1.82) is 0 Å². The van der Waals surface area contributed by atoms with Gasteiger partial charge in [0.25, 0.3) is 0 Å². The van der Waals surface area contributed by atoms with Gasteiger partial charge in [0, 0.05) is 25.2 Å². The van der Waals surface area contributed by atoms with Crippen LogP contribution >= 0.6 is 0 Å². The maximum Gasteiger partial charge on any atom is 0.123 e. The summed E-state index contributed by atoms with van der Waals surface area (Å²) in [6.07, 6.45) is 0. The summed E-state index contributed by atoms with van der Waals surface area (Å²) in [6, 6.07) is 6.46. The maximum absolute atomic E-state index is 5.47. The highest BCUT2D eigenvalue weighted by Crippen LogP contribution is 2.29. The zero-order valence-electron chi connectivity index (χ0n) is 11.3. The molecule has 2 heterocycles. The van der Waals surface area contributed by atoms with Crippen molar-refractivity contribution in [2.45, 2.75) is 13.5 Å². The number of fused-ring (bicyclic) bond motifs is 1. The number of methoxy groups -OCH3 is 1.